The minimum absolute atomic E-state index is 0.0169. The monoisotopic (exact) mass is 476 g/mol. The van der Waals surface area contributed by atoms with Crippen LogP contribution in [-0.2, 0) is 9.53 Å². The molecule has 0 radical (unpaired) electrons. The lowest BCUT2D eigenvalue weighted by Gasteiger charge is -2.41. The van der Waals surface area contributed by atoms with Crippen molar-refractivity contribution >= 4 is 11.6 Å². The van der Waals surface area contributed by atoms with Crippen molar-refractivity contribution in [1.82, 2.24) is 10.6 Å². The lowest BCUT2D eigenvalue weighted by molar-refractivity contribution is -0.128. The minimum Gasteiger partial charge on any atom is -0.379 e. The highest BCUT2D eigenvalue weighted by molar-refractivity contribution is 5.88. The molecule has 0 aromatic rings. The molecule has 2 heterocycles. The summed E-state index contributed by atoms with van der Waals surface area (Å²) in [4.78, 5) is 18.8. The first-order chi connectivity index (χ1) is 16.2. The second kappa shape index (κ2) is 13.5. The number of nitrogens with zero attached hydrogens (tertiary/aromatic N) is 2. The lowest BCUT2D eigenvalue weighted by atomic mass is 9.69. The third-order valence-corrected chi connectivity index (χ3v) is 8.01. The van der Waals surface area contributed by atoms with Crippen molar-refractivity contribution in [2.24, 2.45) is 39.6 Å². The zero-order chi connectivity index (χ0) is 25.3. The van der Waals surface area contributed by atoms with E-state index in [1.54, 1.807) is 7.11 Å². The van der Waals surface area contributed by atoms with Crippen molar-refractivity contribution in [1.29, 1.82) is 5.26 Å². The Balaban J connectivity index is 2.43. The number of nitrogens with two attached hydrogens (primary N) is 2. The number of hydrogen-bond donors (Lipinski definition) is 4. The van der Waals surface area contributed by atoms with Gasteiger partial charge >= 0.3 is 0 Å². The molecule has 8 heteroatoms. The van der Waals surface area contributed by atoms with E-state index in [4.69, 9.17) is 21.2 Å². The van der Waals surface area contributed by atoms with E-state index < -0.39 is 12.1 Å². The number of ether oxygens (including phenoxy) is 1. The Kier molecular flexibility index (Phi) is 11.4. The number of aliphatic imine (C=N–C) groups is 1. The molecule has 8 nitrogen and oxygen atoms in total. The number of nitriles is 1. The Morgan fingerprint density at radius 3 is 2.65 bits per heavy atom. The number of hydrogen-bond acceptors (Lipinski definition) is 7. The third-order valence-electron chi connectivity index (χ3n) is 8.01. The van der Waals surface area contributed by atoms with E-state index in [9.17, 15) is 10.1 Å². The number of rotatable bonds is 10. The van der Waals surface area contributed by atoms with E-state index in [0.717, 1.165) is 63.6 Å². The van der Waals surface area contributed by atoms with Crippen LogP contribution in [0.1, 0.15) is 79.1 Å². The van der Waals surface area contributed by atoms with Crippen molar-refractivity contribution in [3.05, 3.63) is 0 Å². The maximum absolute atomic E-state index is 13.6. The van der Waals surface area contributed by atoms with E-state index in [1.165, 1.54) is 0 Å². The van der Waals surface area contributed by atoms with Crippen LogP contribution in [0.25, 0.3) is 0 Å². The molecular weight excluding hydrogens is 428 g/mol. The van der Waals surface area contributed by atoms with Gasteiger partial charge in [0.2, 0.25) is 5.91 Å². The molecule has 0 saturated carbocycles. The lowest BCUT2D eigenvalue weighted by Crippen LogP contribution is -2.59. The predicted octanol–water partition coefficient (Wildman–Crippen LogP) is 2.72. The summed E-state index contributed by atoms with van der Waals surface area (Å²) in [5.41, 5.74) is 13.6. The molecule has 7 atom stereocenters. The number of nitrogens with one attached hydrogen (secondary N) is 2. The van der Waals surface area contributed by atoms with Gasteiger partial charge in [-0.2, -0.15) is 5.26 Å². The average Bonchev–Trinajstić information content (AvgIpc) is 2.79. The van der Waals surface area contributed by atoms with Gasteiger partial charge in [0.05, 0.1) is 42.3 Å². The molecule has 1 amide bonds. The third kappa shape index (κ3) is 7.24. The normalized spacial score (nSPS) is 33.7. The van der Waals surface area contributed by atoms with E-state index >= 15 is 0 Å². The average molecular weight is 477 g/mol. The molecule has 1 fully saturated rings. The largest absolute Gasteiger partial charge is 0.379 e. The highest BCUT2D eigenvalue weighted by atomic mass is 16.5. The zero-order valence-corrected chi connectivity index (χ0v) is 22.0. The maximum atomic E-state index is 13.6. The SMILES string of the molecule is CCCC1(C)CCC(C(C#N)CC)/C(CC)=N\C(C(C(=O)NC2CNCCC2OC)C(N)N)C1. The maximum Gasteiger partial charge on any atom is 0.228 e. The Bertz CT molecular complexity index is 721. The van der Waals surface area contributed by atoms with E-state index in [1.807, 2.05) is 0 Å². The quantitative estimate of drug-likeness (QED) is 0.358. The minimum atomic E-state index is -0.828. The second-order valence-electron chi connectivity index (χ2n) is 10.6. The second-order valence-corrected chi connectivity index (χ2v) is 10.6. The van der Waals surface area contributed by atoms with Crippen LogP contribution in [0.3, 0.4) is 0 Å². The summed E-state index contributed by atoms with van der Waals surface area (Å²) in [5.74, 6) is -0.758. The van der Waals surface area contributed by atoms with Crippen LogP contribution >= 0.6 is 0 Å². The standard InChI is InChI=1S/C26H48N6O2/c1-6-11-26(4)12-9-18(17(7-2)15-27)19(8-3)31-20(14-26)23(24(28)29)25(33)32-21-16-30-13-10-22(21)34-5/h17-18,20-24,30H,6-14,16,28-29H2,1-5H3,(H,32,33)/b31-19-. The predicted molar refractivity (Wildman–Crippen MR) is 137 cm³/mol. The highest BCUT2D eigenvalue weighted by Gasteiger charge is 2.41. The van der Waals surface area contributed by atoms with Crippen LogP contribution in [0.4, 0.5) is 0 Å². The van der Waals surface area contributed by atoms with Gasteiger partial charge in [0.25, 0.3) is 0 Å². The Labute approximate surface area is 206 Å². The van der Waals surface area contributed by atoms with Crippen molar-refractivity contribution in [2.75, 3.05) is 20.2 Å². The van der Waals surface area contributed by atoms with Gasteiger partial charge in [-0.05, 0) is 56.9 Å². The molecule has 0 aliphatic carbocycles. The highest BCUT2D eigenvalue weighted by Crippen LogP contribution is 2.42. The Morgan fingerprint density at radius 2 is 2.09 bits per heavy atom. The Morgan fingerprint density at radius 1 is 1.35 bits per heavy atom. The summed E-state index contributed by atoms with van der Waals surface area (Å²) < 4.78 is 5.62. The van der Waals surface area contributed by atoms with Crippen molar-refractivity contribution < 1.29 is 9.53 Å². The van der Waals surface area contributed by atoms with Gasteiger partial charge in [-0.15, -0.1) is 0 Å². The summed E-state index contributed by atoms with van der Waals surface area (Å²) in [6.45, 7) is 10.2. The molecule has 1 saturated heterocycles. The van der Waals surface area contributed by atoms with Crippen LogP contribution in [0, 0.1) is 34.5 Å². The molecule has 0 spiro atoms. The topological polar surface area (TPSA) is 139 Å². The number of carbonyl (C=O) groups is 1. The number of piperidine rings is 1. The molecule has 2 rings (SSSR count). The molecular formula is C26H48N6O2. The molecule has 7 unspecified atom stereocenters. The Hall–Kier alpha value is -1.53. The van der Waals surface area contributed by atoms with Gasteiger partial charge in [-0.25, -0.2) is 0 Å². The number of methoxy groups -OCH3 is 1. The van der Waals surface area contributed by atoms with Gasteiger partial charge in [0.15, 0.2) is 0 Å². The first-order valence-corrected chi connectivity index (χ1v) is 13.2. The fourth-order valence-corrected chi connectivity index (χ4v) is 6.07. The molecule has 2 aliphatic rings. The van der Waals surface area contributed by atoms with Gasteiger partial charge in [0, 0.05) is 25.3 Å². The fraction of sp³-hybridized carbons (Fsp3) is 0.885. The summed E-state index contributed by atoms with van der Waals surface area (Å²) >= 11 is 0. The molecule has 0 bridgehead atoms. The first kappa shape index (κ1) is 28.7. The van der Waals surface area contributed by atoms with Gasteiger partial charge in [0.1, 0.15) is 0 Å². The number of carbonyl (C=O) groups excluding carboxylic acids is 1. The number of amides is 1. The van der Waals surface area contributed by atoms with Crippen LogP contribution in [0.15, 0.2) is 4.99 Å². The van der Waals surface area contributed by atoms with Gasteiger partial charge in [-0.3, -0.25) is 9.79 Å². The summed E-state index contributed by atoms with van der Waals surface area (Å²) in [6.07, 6.45) is 6.35. The van der Waals surface area contributed by atoms with Crippen LogP contribution in [0.2, 0.25) is 0 Å². The smallest absolute Gasteiger partial charge is 0.228 e. The fourth-order valence-electron chi connectivity index (χ4n) is 6.07. The van der Waals surface area contributed by atoms with E-state index in [0.29, 0.717) is 6.54 Å². The summed E-state index contributed by atoms with van der Waals surface area (Å²) in [6, 6.07) is 2.07. The summed E-state index contributed by atoms with van der Waals surface area (Å²) in [7, 11) is 1.68. The summed E-state index contributed by atoms with van der Waals surface area (Å²) in [5, 5.41) is 16.3. The van der Waals surface area contributed by atoms with Crippen LogP contribution < -0.4 is 22.1 Å². The van der Waals surface area contributed by atoms with Crippen molar-refractivity contribution in [3.63, 3.8) is 0 Å². The van der Waals surface area contributed by atoms with Crippen LogP contribution in [0.5, 0.6) is 0 Å². The zero-order valence-electron chi connectivity index (χ0n) is 22.0. The molecule has 2 aliphatic heterocycles. The van der Waals surface area contributed by atoms with Crippen LogP contribution in [-0.4, -0.2) is 56.2 Å². The first-order valence-electron chi connectivity index (χ1n) is 13.2. The van der Waals surface area contributed by atoms with E-state index in [2.05, 4.69) is 44.4 Å². The molecule has 0 aromatic carbocycles. The van der Waals surface area contributed by atoms with Gasteiger partial charge in [-0.1, -0.05) is 34.1 Å². The van der Waals surface area contributed by atoms with Crippen molar-refractivity contribution in [3.8, 4) is 6.07 Å². The molecule has 34 heavy (non-hydrogen) atoms. The van der Waals surface area contributed by atoms with E-state index in [-0.39, 0.29) is 41.3 Å². The van der Waals surface area contributed by atoms with Gasteiger partial charge < -0.3 is 26.8 Å². The molecule has 6 N–H and O–H groups in total. The molecule has 0 aromatic heterocycles. The van der Waals surface area contributed by atoms with Crippen molar-refractivity contribution in [2.45, 2.75) is 103 Å². The molecule has 194 valence electrons.